The zero-order chi connectivity index (χ0) is 9.14. The SMILES string of the molecule is NNC(=O)c1ccc(Cl)cc1Cl. The molecule has 1 aromatic carbocycles. The van der Waals surface area contributed by atoms with Crippen LogP contribution in [0.3, 0.4) is 0 Å². The van der Waals surface area contributed by atoms with Gasteiger partial charge in [0, 0.05) is 5.02 Å². The Morgan fingerprint density at radius 3 is 2.58 bits per heavy atom. The second-order valence-corrected chi connectivity index (χ2v) is 2.94. The first-order valence-electron chi connectivity index (χ1n) is 3.11. The van der Waals surface area contributed by atoms with E-state index in [1.165, 1.54) is 12.1 Å². The number of rotatable bonds is 1. The topological polar surface area (TPSA) is 55.1 Å². The number of nitrogens with one attached hydrogen (secondary N) is 1. The van der Waals surface area contributed by atoms with E-state index in [0.717, 1.165) is 0 Å². The summed E-state index contributed by atoms with van der Waals surface area (Å²) in [4.78, 5) is 11.0. The molecule has 3 N–H and O–H groups in total. The third kappa shape index (κ3) is 1.88. The number of amides is 1. The first-order valence-corrected chi connectivity index (χ1v) is 3.86. The molecular weight excluding hydrogens is 199 g/mol. The molecule has 0 aromatic heterocycles. The van der Waals surface area contributed by atoms with Gasteiger partial charge in [-0.1, -0.05) is 23.2 Å². The predicted octanol–water partition coefficient (Wildman–Crippen LogP) is 1.60. The van der Waals surface area contributed by atoms with E-state index in [1.807, 2.05) is 5.43 Å². The molecule has 0 fully saturated rings. The molecule has 1 rings (SSSR count). The second kappa shape index (κ2) is 3.76. The number of hydrogen-bond donors (Lipinski definition) is 2. The maximum atomic E-state index is 11.0. The summed E-state index contributed by atoms with van der Waals surface area (Å²) in [6.45, 7) is 0. The van der Waals surface area contributed by atoms with Crippen LogP contribution < -0.4 is 11.3 Å². The van der Waals surface area contributed by atoms with E-state index < -0.39 is 5.91 Å². The number of carbonyl (C=O) groups excluding carboxylic acids is 1. The molecule has 0 saturated carbocycles. The average molecular weight is 205 g/mol. The van der Waals surface area contributed by atoms with E-state index in [1.54, 1.807) is 6.07 Å². The molecule has 1 aromatic rings. The van der Waals surface area contributed by atoms with E-state index in [4.69, 9.17) is 29.0 Å². The molecule has 0 aliphatic rings. The van der Waals surface area contributed by atoms with Crippen LogP contribution in [0.2, 0.25) is 10.0 Å². The van der Waals surface area contributed by atoms with Gasteiger partial charge in [-0.2, -0.15) is 0 Å². The molecule has 0 aliphatic carbocycles. The summed E-state index contributed by atoms with van der Waals surface area (Å²) in [6.07, 6.45) is 0. The molecular formula is C7H6Cl2N2O. The largest absolute Gasteiger partial charge is 0.290 e. The molecule has 0 unspecified atom stereocenters. The highest BCUT2D eigenvalue weighted by Gasteiger charge is 2.07. The zero-order valence-electron chi connectivity index (χ0n) is 5.97. The van der Waals surface area contributed by atoms with E-state index in [0.29, 0.717) is 10.6 Å². The van der Waals surface area contributed by atoms with Crippen LogP contribution in [0.1, 0.15) is 10.4 Å². The quantitative estimate of drug-likeness (QED) is 0.415. The first kappa shape index (κ1) is 9.32. The van der Waals surface area contributed by atoms with Crippen LogP contribution in [-0.2, 0) is 0 Å². The molecule has 3 nitrogen and oxygen atoms in total. The Morgan fingerprint density at radius 1 is 1.42 bits per heavy atom. The Morgan fingerprint density at radius 2 is 2.08 bits per heavy atom. The van der Waals surface area contributed by atoms with E-state index in [2.05, 4.69) is 0 Å². The van der Waals surface area contributed by atoms with Gasteiger partial charge in [-0.25, -0.2) is 5.84 Å². The van der Waals surface area contributed by atoms with Crippen molar-refractivity contribution in [3.8, 4) is 0 Å². The normalized spacial score (nSPS) is 9.58. The molecule has 0 atom stereocenters. The molecule has 0 heterocycles. The fraction of sp³-hybridized carbons (Fsp3) is 0. The van der Waals surface area contributed by atoms with Crippen LogP contribution in [0.4, 0.5) is 0 Å². The number of nitrogens with two attached hydrogens (primary N) is 1. The lowest BCUT2D eigenvalue weighted by Gasteiger charge is -2.01. The second-order valence-electron chi connectivity index (χ2n) is 2.10. The van der Waals surface area contributed by atoms with Crippen molar-refractivity contribution >= 4 is 29.1 Å². The third-order valence-electron chi connectivity index (χ3n) is 1.31. The summed E-state index contributed by atoms with van der Waals surface area (Å²) in [5.41, 5.74) is 2.28. The Hall–Kier alpha value is -0.770. The van der Waals surface area contributed by atoms with Crippen LogP contribution in [0.25, 0.3) is 0 Å². The minimum Gasteiger partial charge on any atom is -0.290 e. The lowest BCUT2D eigenvalue weighted by atomic mass is 10.2. The summed E-state index contributed by atoms with van der Waals surface area (Å²) in [6, 6.07) is 4.55. The van der Waals surface area contributed by atoms with E-state index in [-0.39, 0.29) is 5.02 Å². The summed E-state index contributed by atoms with van der Waals surface area (Å²) in [5, 5.41) is 0.763. The Kier molecular flexibility index (Phi) is 2.92. The molecule has 0 spiro atoms. The van der Waals surface area contributed by atoms with Crippen LogP contribution in [0.5, 0.6) is 0 Å². The minimum absolute atomic E-state index is 0.283. The van der Waals surface area contributed by atoms with Gasteiger partial charge in [0.05, 0.1) is 10.6 Å². The summed E-state index contributed by atoms with van der Waals surface area (Å²) >= 11 is 11.3. The maximum absolute atomic E-state index is 11.0. The monoisotopic (exact) mass is 204 g/mol. The van der Waals surface area contributed by atoms with Gasteiger partial charge in [-0.05, 0) is 18.2 Å². The summed E-state index contributed by atoms with van der Waals surface area (Å²) in [5.74, 6) is 4.49. The van der Waals surface area contributed by atoms with Crippen molar-refractivity contribution in [1.29, 1.82) is 0 Å². The van der Waals surface area contributed by atoms with Gasteiger partial charge in [-0.15, -0.1) is 0 Å². The van der Waals surface area contributed by atoms with Crippen molar-refractivity contribution < 1.29 is 4.79 Å². The van der Waals surface area contributed by atoms with Crippen LogP contribution in [0, 0.1) is 0 Å². The lowest BCUT2D eigenvalue weighted by molar-refractivity contribution is 0.0954. The highest BCUT2D eigenvalue weighted by atomic mass is 35.5. The lowest BCUT2D eigenvalue weighted by Crippen LogP contribution is -2.30. The van der Waals surface area contributed by atoms with Crippen molar-refractivity contribution in [2.45, 2.75) is 0 Å². The van der Waals surface area contributed by atoms with Crippen molar-refractivity contribution in [2.75, 3.05) is 0 Å². The maximum Gasteiger partial charge on any atom is 0.266 e. The smallest absolute Gasteiger partial charge is 0.266 e. The molecule has 0 aliphatic heterocycles. The van der Waals surface area contributed by atoms with Crippen molar-refractivity contribution in [3.05, 3.63) is 33.8 Å². The van der Waals surface area contributed by atoms with Gasteiger partial charge >= 0.3 is 0 Å². The minimum atomic E-state index is -0.434. The predicted molar refractivity (Wildman–Crippen MR) is 48.1 cm³/mol. The van der Waals surface area contributed by atoms with Crippen LogP contribution in [0.15, 0.2) is 18.2 Å². The van der Waals surface area contributed by atoms with Gasteiger partial charge in [-0.3, -0.25) is 10.2 Å². The third-order valence-corrected chi connectivity index (χ3v) is 1.85. The van der Waals surface area contributed by atoms with Gasteiger partial charge in [0.15, 0.2) is 0 Å². The van der Waals surface area contributed by atoms with Gasteiger partial charge in [0.25, 0.3) is 5.91 Å². The molecule has 0 saturated heterocycles. The molecule has 64 valence electrons. The van der Waals surface area contributed by atoms with Crippen LogP contribution >= 0.6 is 23.2 Å². The van der Waals surface area contributed by atoms with Gasteiger partial charge < -0.3 is 0 Å². The number of hydrazine groups is 1. The van der Waals surface area contributed by atoms with Gasteiger partial charge in [0.1, 0.15) is 0 Å². The molecule has 5 heteroatoms. The number of halogens is 2. The number of hydrogen-bond acceptors (Lipinski definition) is 2. The van der Waals surface area contributed by atoms with Gasteiger partial charge in [0.2, 0.25) is 0 Å². The zero-order valence-corrected chi connectivity index (χ0v) is 7.49. The fourth-order valence-electron chi connectivity index (χ4n) is 0.751. The molecule has 12 heavy (non-hydrogen) atoms. The summed E-state index contributed by atoms with van der Waals surface area (Å²) in [7, 11) is 0. The molecule has 0 radical (unpaired) electrons. The number of nitrogen functional groups attached to an aromatic ring is 1. The van der Waals surface area contributed by atoms with Crippen LogP contribution in [-0.4, -0.2) is 5.91 Å². The summed E-state index contributed by atoms with van der Waals surface area (Å²) < 4.78 is 0. The highest BCUT2D eigenvalue weighted by Crippen LogP contribution is 2.20. The Labute approximate surface area is 79.4 Å². The van der Waals surface area contributed by atoms with E-state index >= 15 is 0 Å². The average Bonchev–Trinajstić information content (AvgIpc) is 2.03. The van der Waals surface area contributed by atoms with Crippen molar-refractivity contribution in [1.82, 2.24) is 5.43 Å². The van der Waals surface area contributed by atoms with Crippen molar-refractivity contribution in [2.24, 2.45) is 5.84 Å². The standard InChI is InChI=1S/C7H6Cl2N2O/c8-4-1-2-5(6(9)3-4)7(12)11-10/h1-3H,10H2,(H,11,12). The van der Waals surface area contributed by atoms with Crippen molar-refractivity contribution in [3.63, 3.8) is 0 Å². The fourth-order valence-corrected chi connectivity index (χ4v) is 1.25. The number of carbonyl (C=O) groups is 1. The molecule has 1 amide bonds. The highest BCUT2D eigenvalue weighted by molar-refractivity contribution is 6.36. The number of benzene rings is 1. The first-order chi connectivity index (χ1) is 5.65. The Bertz CT molecular complexity index is 314. The molecule has 0 bridgehead atoms. The Balaban J connectivity index is 3.09. The van der Waals surface area contributed by atoms with E-state index in [9.17, 15) is 4.79 Å².